The van der Waals surface area contributed by atoms with Gasteiger partial charge in [0, 0.05) is 4.70 Å². The van der Waals surface area contributed by atoms with Gasteiger partial charge >= 0.3 is 0 Å². The molecule has 0 fully saturated rings. The Bertz CT molecular complexity index is 527. The first kappa shape index (κ1) is 9.32. The number of rotatable bonds is 1. The molecule has 0 amide bonds. The van der Waals surface area contributed by atoms with E-state index in [1.807, 2.05) is 6.07 Å². The van der Waals surface area contributed by atoms with Crippen LogP contribution in [0.4, 0.5) is 0 Å². The molecule has 0 saturated carbocycles. The fraction of sp³-hybridized carbons (Fsp3) is 0.100. The minimum Gasteiger partial charge on any atom is -0.508 e. The Morgan fingerprint density at radius 1 is 1.43 bits per heavy atom. The number of nitriles is 1. The lowest BCUT2D eigenvalue weighted by Crippen LogP contribution is -1.81. The van der Waals surface area contributed by atoms with Gasteiger partial charge in [0.1, 0.15) is 5.75 Å². The second-order valence-corrected chi connectivity index (χ2v) is 4.62. The monoisotopic (exact) mass is 223 g/mol. The first-order valence-corrected chi connectivity index (χ1v) is 5.18. The van der Waals surface area contributed by atoms with Crippen LogP contribution in [-0.4, -0.2) is 5.11 Å². The molecular formula is C10H6ClNOS. The van der Waals surface area contributed by atoms with Gasteiger partial charge in [0.05, 0.1) is 16.8 Å². The molecule has 1 N–H and O–H groups in total. The lowest BCUT2D eigenvalue weighted by atomic mass is 10.1. The summed E-state index contributed by atoms with van der Waals surface area (Å²) < 4.78 is 1.59. The number of fused-ring (bicyclic) bond motifs is 1. The van der Waals surface area contributed by atoms with Gasteiger partial charge in [-0.2, -0.15) is 5.26 Å². The maximum atomic E-state index is 9.40. The highest BCUT2D eigenvalue weighted by Crippen LogP contribution is 2.34. The highest BCUT2D eigenvalue weighted by molar-refractivity contribution is 7.22. The molecule has 1 aromatic heterocycles. The van der Waals surface area contributed by atoms with Crippen molar-refractivity contribution in [2.75, 3.05) is 0 Å². The second-order valence-electron chi connectivity index (χ2n) is 2.90. The van der Waals surface area contributed by atoms with E-state index in [0.717, 1.165) is 15.6 Å². The van der Waals surface area contributed by atoms with Gasteiger partial charge < -0.3 is 5.11 Å². The Labute approximate surface area is 90.0 Å². The molecule has 2 rings (SSSR count). The number of benzene rings is 1. The average molecular weight is 224 g/mol. The van der Waals surface area contributed by atoms with Gasteiger partial charge in [0.2, 0.25) is 0 Å². The molecule has 0 unspecified atom stereocenters. The van der Waals surface area contributed by atoms with Gasteiger partial charge in [-0.1, -0.05) is 11.6 Å². The fourth-order valence-electron chi connectivity index (χ4n) is 1.40. The third kappa shape index (κ3) is 1.54. The third-order valence-corrected chi connectivity index (χ3v) is 3.16. The summed E-state index contributed by atoms with van der Waals surface area (Å²) in [4.78, 5) is 0. The zero-order chi connectivity index (χ0) is 10.1. The zero-order valence-corrected chi connectivity index (χ0v) is 8.69. The molecule has 0 aliphatic carbocycles. The van der Waals surface area contributed by atoms with Crippen LogP contribution in [0.2, 0.25) is 4.34 Å². The third-order valence-electron chi connectivity index (χ3n) is 1.95. The second kappa shape index (κ2) is 3.49. The van der Waals surface area contributed by atoms with Gasteiger partial charge in [-0.15, -0.1) is 11.3 Å². The predicted octanol–water partition coefficient (Wildman–Crippen LogP) is 3.33. The number of thiophene rings is 1. The number of halogens is 1. The van der Waals surface area contributed by atoms with Gasteiger partial charge in [-0.25, -0.2) is 0 Å². The Balaban J connectivity index is 2.74. The van der Waals surface area contributed by atoms with Crippen LogP contribution in [0.1, 0.15) is 5.56 Å². The van der Waals surface area contributed by atoms with Crippen molar-refractivity contribution in [1.29, 1.82) is 5.26 Å². The van der Waals surface area contributed by atoms with Crippen molar-refractivity contribution in [3.8, 4) is 11.8 Å². The lowest BCUT2D eigenvalue weighted by molar-refractivity contribution is 0.476. The molecule has 0 spiro atoms. The molecular weight excluding hydrogens is 218 g/mol. The number of nitrogens with zero attached hydrogens (tertiary/aromatic N) is 1. The van der Waals surface area contributed by atoms with Crippen LogP contribution in [0, 0.1) is 11.3 Å². The molecule has 14 heavy (non-hydrogen) atoms. The van der Waals surface area contributed by atoms with Gasteiger partial charge in [-0.3, -0.25) is 0 Å². The predicted molar refractivity (Wildman–Crippen MR) is 57.8 cm³/mol. The molecule has 0 atom stereocenters. The van der Waals surface area contributed by atoms with E-state index in [4.69, 9.17) is 16.9 Å². The first-order chi connectivity index (χ1) is 6.70. The molecule has 70 valence electrons. The largest absolute Gasteiger partial charge is 0.508 e. The van der Waals surface area contributed by atoms with E-state index in [-0.39, 0.29) is 12.2 Å². The Morgan fingerprint density at radius 3 is 2.93 bits per heavy atom. The summed E-state index contributed by atoms with van der Waals surface area (Å²) in [6.45, 7) is 0. The quantitative estimate of drug-likeness (QED) is 0.806. The van der Waals surface area contributed by atoms with Crippen LogP contribution in [0.5, 0.6) is 5.75 Å². The molecule has 0 radical (unpaired) electrons. The van der Waals surface area contributed by atoms with E-state index in [2.05, 4.69) is 6.07 Å². The van der Waals surface area contributed by atoms with Crippen molar-refractivity contribution in [3.05, 3.63) is 28.1 Å². The van der Waals surface area contributed by atoms with Crippen molar-refractivity contribution in [3.63, 3.8) is 0 Å². The van der Waals surface area contributed by atoms with Crippen LogP contribution in [-0.2, 0) is 6.42 Å². The normalized spacial score (nSPS) is 10.3. The van der Waals surface area contributed by atoms with Crippen molar-refractivity contribution in [2.45, 2.75) is 6.42 Å². The Morgan fingerprint density at radius 2 is 2.21 bits per heavy atom. The number of phenols is 1. The molecule has 1 heterocycles. The summed E-state index contributed by atoms with van der Waals surface area (Å²) in [5, 5.41) is 19.0. The molecule has 2 aromatic rings. The first-order valence-electron chi connectivity index (χ1n) is 3.98. The van der Waals surface area contributed by atoms with Crippen LogP contribution in [0.3, 0.4) is 0 Å². The molecule has 2 nitrogen and oxygen atoms in total. The number of phenolic OH excluding ortho intramolecular Hbond substituents is 1. The van der Waals surface area contributed by atoms with Gasteiger partial charge in [0.15, 0.2) is 0 Å². The SMILES string of the molecule is N#CCc1cc(O)cc2sc(Cl)cc12. The number of hydrogen-bond acceptors (Lipinski definition) is 3. The van der Waals surface area contributed by atoms with Crippen LogP contribution in [0.25, 0.3) is 10.1 Å². The van der Waals surface area contributed by atoms with Crippen molar-refractivity contribution in [2.24, 2.45) is 0 Å². The van der Waals surface area contributed by atoms with E-state index in [1.54, 1.807) is 12.1 Å². The molecule has 4 heteroatoms. The van der Waals surface area contributed by atoms with E-state index < -0.39 is 0 Å². The maximum Gasteiger partial charge on any atom is 0.117 e. The van der Waals surface area contributed by atoms with Gasteiger partial charge in [-0.05, 0) is 29.1 Å². The minimum atomic E-state index is 0.182. The summed E-state index contributed by atoms with van der Waals surface area (Å²) >= 11 is 7.26. The van der Waals surface area contributed by atoms with E-state index in [1.165, 1.54) is 11.3 Å². The van der Waals surface area contributed by atoms with E-state index in [9.17, 15) is 5.11 Å². The van der Waals surface area contributed by atoms with Crippen LogP contribution < -0.4 is 0 Å². The highest BCUT2D eigenvalue weighted by Gasteiger charge is 2.07. The topological polar surface area (TPSA) is 44.0 Å². The van der Waals surface area contributed by atoms with Crippen LogP contribution >= 0.6 is 22.9 Å². The summed E-state index contributed by atoms with van der Waals surface area (Å²) in [5.74, 6) is 0.182. The number of hydrogen-bond donors (Lipinski definition) is 1. The molecule has 0 aliphatic heterocycles. The summed E-state index contributed by atoms with van der Waals surface area (Å²) in [6.07, 6.45) is 0.290. The van der Waals surface area contributed by atoms with E-state index in [0.29, 0.717) is 4.34 Å². The molecule has 0 saturated heterocycles. The number of aromatic hydroxyl groups is 1. The fourth-order valence-corrected chi connectivity index (χ4v) is 2.62. The molecule has 1 aromatic carbocycles. The maximum absolute atomic E-state index is 9.40. The minimum absolute atomic E-state index is 0.182. The molecule has 0 bridgehead atoms. The lowest BCUT2D eigenvalue weighted by Gasteiger charge is -1.98. The van der Waals surface area contributed by atoms with Crippen molar-refractivity contribution >= 4 is 33.0 Å². The summed E-state index contributed by atoms with van der Waals surface area (Å²) in [6, 6.07) is 7.16. The standard InChI is InChI=1S/C10H6ClNOS/c11-10-5-8-6(1-2-12)3-7(13)4-9(8)14-10/h3-5,13H,1H2. The van der Waals surface area contributed by atoms with Crippen molar-refractivity contribution in [1.82, 2.24) is 0 Å². The van der Waals surface area contributed by atoms with Crippen LogP contribution in [0.15, 0.2) is 18.2 Å². The van der Waals surface area contributed by atoms with E-state index >= 15 is 0 Å². The van der Waals surface area contributed by atoms with Gasteiger partial charge in [0.25, 0.3) is 0 Å². The Kier molecular flexibility index (Phi) is 2.32. The van der Waals surface area contributed by atoms with Crippen molar-refractivity contribution < 1.29 is 5.11 Å². The smallest absolute Gasteiger partial charge is 0.117 e. The molecule has 0 aliphatic rings. The average Bonchev–Trinajstić information content (AvgIpc) is 2.45. The summed E-state index contributed by atoms with van der Waals surface area (Å²) in [7, 11) is 0. The zero-order valence-electron chi connectivity index (χ0n) is 7.12. The highest BCUT2D eigenvalue weighted by atomic mass is 35.5. The Hall–Kier alpha value is -1.24. The summed E-state index contributed by atoms with van der Waals surface area (Å²) in [5.41, 5.74) is 0.825.